The summed E-state index contributed by atoms with van der Waals surface area (Å²) in [4.78, 5) is 43.1. The molecular formula is C21H27N3O4. The summed E-state index contributed by atoms with van der Waals surface area (Å²) in [6.07, 6.45) is 3.54. The highest BCUT2D eigenvalue weighted by atomic mass is 16.5. The lowest BCUT2D eigenvalue weighted by Gasteiger charge is -2.37. The Morgan fingerprint density at radius 2 is 1.61 bits per heavy atom. The molecule has 0 radical (unpaired) electrons. The lowest BCUT2D eigenvalue weighted by Crippen LogP contribution is -2.52. The monoisotopic (exact) mass is 385 g/mol. The molecule has 3 amide bonds. The fraction of sp³-hybridized carbons (Fsp3) is 0.571. The number of likely N-dealkylation sites (tertiary alicyclic amines) is 1. The van der Waals surface area contributed by atoms with E-state index in [0.717, 1.165) is 37.1 Å². The van der Waals surface area contributed by atoms with E-state index in [1.807, 2.05) is 24.3 Å². The fourth-order valence-corrected chi connectivity index (χ4v) is 4.71. The number of piperazine rings is 1. The van der Waals surface area contributed by atoms with Gasteiger partial charge < -0.3 is 14.5 Å². The van der Waals surface area contributed by atoms with Crippen molar-refractivity contribution in [3.8, 4) is 5.75 Å². The summed E-state index contributed by atoms with van der Waals surface area (Å²) in [6, 6.07) is 7.85. The molecule has 0 aromatic heterocycles. The highest BCUT2D eigenvalue weighted by Crippen LogP contribution is 2.38. The van der Waals surface area contributed by atoms with E-state index in [1.165, 1.54) is 4.90 Å². The number of hydrogen-bond donors (Lipinski definition) is 0. The number of nitrogens with zero attached hydrogens (tertiary/aromatic N) is 3. The molecule has 3 aliphatic rings. The van der Waals surface area contributed by atoms with Crippen LogP contribution in [-0.2, 0) is 14.4 Å². The largest absolute Gasteiger partial charge is 0.495 e. The van der Waals surface area contributed by atoms with Crippen LogP contribution in [-0.4, -0.2) is 67.4 Å². The highest BCUT2D eigenvalue weighted by molar-refractivity contribution is 6.07. The Labute approximate surface area is 165 Å². The Kier molecular flexibility index (Phi) is 5.24. The first-order chi connectivity index (χ1) is 13.6. The minimum atomic E-state index is -0.198. The number of methoxy groups -OCH3 is 1. The predicted molar refractivity (Wildman–Crippen MR) is 104 cm³/mol. The van der Waals surface area contributed by atoms with Crippen molar-refractivity contribution in [1.29, 1.82) is 0 Å². The zero-order valence-corrected chi connectivity index (χ0v) is 16.3. The molecule has 4 rings (SSSR count). The minimum absolute atomic E-state index is 0.112. The molecule has 0 bridgehead atoms. The van der Waals surface area contributed by atoms with Crippen LogP contribution in [0.25, 0.3) is 0 Å². The standard InChI is InChI=1S/C21H27N3O4/c1-28-18-9-5-4-8-17(18)22-10-12-23(13-11-22)19(25)14-24-20(26)15-6-2-3-7-16(15)21(24)27/h4-5,8-9,15-16H,2-3,6-7,10-14H2,1H3/t15-,16+. The number of benzene rings is 1. The van der Waals surface area contributed by atoms with Crippen molar-refractivity contribution in [1.82, 2.24) is 9.80 Å². The highest BCUT2D eigenvalue weighted by Gasteiger charge is 2.48. The van der Waals surface area contributed by atoms with Gasteiger partial charge in [0.2, 0.25) is 17.7 Å². The molecule has 150 valence electrons. The second-order valence-electron chi connectivity index (χ2n) is 7.80. The van der Waals surface area contributed by atoms with Crippen LogP contribution in [0.15, 0.2) is 24.3 Å². The summed E-state index contributed by atoms with van der Waals surface area (Å²) in [5.74, 6) is -0.00235. The van der Waals surface area contributed by atoms with Crippen LogP contribution in [0.5, 0.6) is 5.75 Å². The fourth-order valence-electron chi connectivity index (χ4n) is 4.71. The van der Waals surface area contributed by atoms with Crippen LogP contribution in [0.1, 0.15) is 25.7 Å². The van der Waals surface area contributed by atoms with Gasteiger partial charge in [-0.1, -0.05) is 25.0 Å². The number of amides is 3. The van der Waals surface area contributed by atoms with Gasteiger partial charge >= 0.3 is 0 Å². The molecule has 7 heteroatoms. The molecule has 2 heterocycles. The Balaban J connectivity index is 1.36. The molecule has 7 nitrogen and oxygen atoms in total. The van der Waals surface area contributed by atoms with Crippen molar-refractivity contribution < 1.29 is 19.1 Å². The number of rotatable bonds is 4. The lowest BCUT2D eigenvalue weighted by atomic mass is 9.81. The van der Waals surface area contributed by atoms with Gasteiger partial charge in [0.25, 0.3) is 0 Å². The number of imide groups is 1. The van der Waals surface area contributed by atoms with Gasteiger partial charge in [0.05, 0.1) is 24.6 Å². The maximum Gasteiger partial charge on any atom is 0.242 e. The van der Waals surface area contributed by atoms with Crippen LogP contribution in [0.2, 0.25) is 0 Å². The predicted octanol–water partition coefficient (Wildman–Crippen LogP) is 1.52. The van der Waals surface area contributed by atoms with Gasteiger partial charge in [-0.2, -0.15) is 0 Å². The van der Waals surface area contributed by atoms with Gasteiger partial charge in [0.15, 0.2) is 0 Å². The number of fused-ring (bicyclic) bond motifs is 1. The van der Waals surface area contributed by atoms with Gasteiger partial charge in [-0.3, -0.25) is 19.3 Å². The van der Waals surface area contributed by atoms with Crippen molar-refractivity contribution in [3.63, 3.8) is 0 Å². The van der Waals surface area contributed by atoms with E-state index in [9.17, 15) is 14.4 Å². The van der Waals surface area contributed by atoms with Crippen molar-refractivity contribution >= 4 is 23.4 Å². The lowest BCUT2D eigenvalue weighted by molar-refractivity contribution is -0.146. The van der Waals surface area contributed by atoms with Gasteiger partial charge in [-0.25, -0.2) is 0 Å². The Morgan fingerprint density at radius 1 is 1.00 bits per heavy atom. The van der Waals surface area contributed by atoms with Crippen molar-refractivity contribution in [2.45, 2.75) is 25.7 Å². The topological polar surface area (TPSA) is 70.2 Å². The summed E-state index contributed by atoms with van der Waals surface area (Å²) in [6.45, 7) is 2.41. The normalized spacial score (nSPS) is 25.1. The molecule has 1 aromatic carbocycles. The van der Waals surface area contributed by atoms with Crippen LogP contribution < -0.4 is 9.64 Å². The van der Waals surface area contributed by atoms with E-state index in [1.54, 1.807) is 12.0 Å². The Bertz CT molecular complexity index is 749. The molecule has 2 aliphatic heterocycles. The third-order valence-corrected chi connectivity index (χ3v) is 6.28. The molecule has 0 N–H and O–H groups in total. The molecule has 1 saturated carbocycles. The summed E-state index contributed by atoms with van der Waals surface area (Å²) < 4.78 is 5.43. The molecule has 1 aliphatic carbocycles. The van der Waals surface area contributed by atoms with Gasteiger partial charge in [0.1, 0.15) is 12.3 Å². The first-order valence-corrected chi connectivity index (χ1v) is 10.1. The van der Waals surface area contributed by atoms with Crippen LogP contribution >= 0.6 is 0 Å². The Morgan fingerprint density at radius 3 is 2.21 bits per heavy atom. The van der Waals surface area contributed by atoms with Crippen molar-refractivity contribution in [2.24, 2.45) is 11.8 Å². The van der Waals surface area contributed by atoms with E-state index in [0.29, 0.717) is 26.2 Å². The van der Waals surface area contributed by atoms with Crippen LogP contribution in [0, 0.1) is 11.8 Å². The molecule has 0 unspecified atom stereocenters. The summed E-state index contributed by atoms with van der Waals surface area (Å²) in [5.41, 5.74) is 1.02. The van der Waals surface area contributed by atoms with E-state index < -0.39 is 0 Å². The quantitative estimate of drug-likeness (QED) is 0.735. The van der Waals surface area contributed by atoms with Gasteiger partial charge in [-0.05, 0) is 25.0 Å². The van der Waals surface area contributed by atoms with Gasteiger partial charge in [-0.15, -0.1) is 0 Å². The van der Waals surface area contributed by atoms with E-state index in [-0.39, 0.29) is 36.1 Å². The van der Waals surface area contributed by atoms with Crippen molar-refractivity contribution in [3.05, 3.63) is 24.3 Å². The number of para-hydroxylation sites is 2. The first-order valence-electron chi connectivity index (χ1n) is 10.1. The average molecular weight is 385 g/mol. The minimum Gasteiger partial charge on any atom is -0.495 e. The van der Waals surface area contributed by atoms with E-state index in [2.05, 4.69) is 4.90 Å². The summed E-state index contributed by atoms with van der Waals surface area (Å²) in [5, 5.41) is 0. The van der Waals surface area contributed by atoms with E-state index >= 15 is 0 Å². The average Bonchev–Trinajstić information content (AvgIpc) is 2.99. The molecule has 0 spiro atoms. The molecule has 1 aromatic rings. The smallest absolute Gasteiger partial charge is 0.242 e. The van der Waals surface area contributed by atoms with E-state index in [4.69, 9.17) is 4.74 Å². The van der Waals surface area contributed by atoms with Gasteiger partial charge in [0, 0.05) is 26.2 Å². The maximum atomic E-state index is 12.8. The maximum absolute atomic E-state index is 12.8. The number of hydrogen-bond acceptors (Lipinski definition) is 5. The van der Waals surface area contributed by atoms with Crippen LogP contribution in [0.4, 0.5) is 5.69 Å². The second kappa shape index (κ2) is 7.81. The van der Waals surface area contributed by atoms with Crippen LogP contribution in [0.3, 0.4) is 0 Å². The molecule has 2 atom stereocenters. The molecule has 2 saturated heterocycles. The molecular weight excluding hydrogens is 358 g/mol. The zero-order chi connectivity index (χ0) is 19.7. The number of anilines is 1. The number of ether oxygens (including phenoxy) is 1. The molecule has 28 heavy (non-hydrogen) atoms. The Hall–Kier alpha value is -2.57. The molecule has 3 fully saturated rings. The zero-order valence-electron chi connectivity index (χ0n) is 16.3. The van der Waals surface area contributed by atoms with Crippen molar-refractivity contribution in [2.75, 3.05) is 44.7 Å². The number of carbonyl (C=O) groups excluding carboxylic acids is 3. The second-order valence-corrected chi connectivity index (χ2v) is 7.80. The third-order valence-electron chi connectivity index (χ3n) is 6.28. The third kappa shape index (κ3) is 3.34. The number of carbonyl (C=O) groups is 3. The summed E-state index contributed by atoms with van der Waals surface area (Å²) in [7, 11) is 1.65. The summed E-state index contributed by atoms with van der Waals surface area (Å²) >= 11 is 0. The first kappa shape index (κ1) is 18.8. The SMILES string of the molecule is COc1ccccc1N1CCN(C(=O)CN2C(=O)[C@H]3CCCC[C@H]3C2=O)CC1.